The second kappa shape index (κ2) is 10.1. The van der Waals surface area contributed by atoms with Gasteiger partial charge in [-0.1, -0.05) is 17.7 Å². The van der Waals surface area contributed by atoms with Crippen LogP contribution >= 0.6 is 0 Å². The van der Waals surface area contributed by atoms with Gasteiger partial charge in [-0.2, -0.15) is 28.2 Å². The summed E-state index contributed by atoms with van der Waals surface area (Å²) in [5.74, 6) is -2.80. The van der Waals surface area contributed by atoms with Crippen molar-refractivity contribution in [3.8, 4) is 11.6 Å². The second-order valence-electron chi connectivity index (χ2n) is 8.07. The number of nitrogens with zero attached hydrogens (tertiary/aromatic N) is 5. The average molecular weight is 511 g/mol. The summed E-state index contributed by atoms with van der Waals surface area (Å²) in [6.45, 7) is 1.82. The molecule has 1 N–H and O–H groups in total. The normalized spacial score (nSPS) is 11.3. The quantitative estimate of drug-likeness (QED) is 0.379. The molecule has 1 amide bonds. The van der Waals surface area contributed by atoms with E-state index < -0.39 is 29.5 Å². The first-order valence-electron chi connectivity index (χ1n) is 10.8. The fourth-order valence-corrected chi connectivity index (χ4v) is 3.51. The lowest BCUT2D eigenvalue weighted by molar-refractivity contribution is -0.139. The molecular formula is C25H20F3N5O4. The highest BCUT2D eigenvalue weighted by Gasteiger charge is 2.36. The maximum absolute atomic E-state index is 13.8. The van der Waals surface area contributed by atoms with E-state index in [-0.39, 0.29) is 29.1 Å². The van der Waals surface area contributed by atoms with Gasteiger partial charge < -0.3 is 14.7 Å². The number of hydrogen-bond donors (Lipinski definition) is 1. The molecule has 0 unspecified atom stereocenters. The Bertz CT molecular complexity index is 1440. The van der Waals surface area contributed by atoms with E-state index >= 15 is 0 Å². The van der Waals surface area contributed by atoms with Gasteiger partial charge in [-0.15, -0.1) is 0 Å². The highest BCUT2D eigenvalue weighted by Crippen LogP contribution is 2.38. The van der Waals surface area contributed by atoms with Crippen molar-refractivity contribution in [2.24, 2.45) is 0 Å². The molecule has 0 aliphatic rings. The van der Waals surface area contributed by atoms with Crippen molar-refractivity contribution in [1.82, 2.24) is 20.0 Å². The topological polar surface area (TPSA) is 110 Å². The van der Waals surface area contributed by atoms with E-state index in [2.05, 4.69) is 15.2 Å². The highest BCUT2D eigenvalue weighted by molar-refractivity contribution is 6.09. The summed E-state index contributed by atoms with van der Waals surface area (Å²) in [6.07, 6.45) is -0.823. The van der Waals surface area contributed by atoms with Crippen LogP contribution in [0.4, 0.5) is 18.9 Å². The minimum absolute atomic E-state index is 0.0384. The lowest BCUT2D eigenvalue weighted by Gasteiger charge is -2.20. The Balaban J connectivity index is 1.64. The molecule has 0 spiro atoms. The van der Waals surface area contributed by atoms with Crippen LogP contribution in [-0.2, 0) is 12.7 Å². The van der Waals surface area contributed by atoms with Gasteiger partial charge in [0.2, 0.25) is 5.88 Å². The van der Waals surface area contributed by atoms with Gasteiger partial charge in [0, 0.05) is 18.8 Å². The third-order valence-electron chi connectivity index (χ3n) is 5.38. The molecule has 0 fully saturated rings. The third kappa shape index (κ3) is 5.74. The standard InChI is InChI=1S/C25H20F3N5O4/c1-15-3-5-17(6-4-15)23(34)32(2)21-8-7-18(12-19(21)24(35)36)37-22-20(25(26,27)28)11-16(13-29-22)14-33-30-9-10-31-33/h3-13H,14H2,1-2H3,(H,35,36). The summed E-state index contributed by atoms with van der Waals surface area (Å²) >= 11 is 0. The summed E-state index contributed by atoms with van der Waals surface area (Å²) in [7, 11) is 1.40. The van der Waals surface area contributed by atoms with Gasteiger partial charge >= 0.3 is 12.1 Å². The molecule has 0 atom stereocenters. The molecule has 0 bridgehead atoms. The summed E-state index contributed by atoms with van der Waals surface area (Å²) < 4.78 is 46.7. The molecule has 0 saturated heterocycles. The van der Waals surface area contributed by atoms with Crippen LogP contribution in [0.25, 0.3) is 0 Å². The first-order chi connectivity index (χ1) is 17.5. The number of rotatable bonds is 7. The predicted octanol–water partition coefficient (Wildman–Crippen LogP) is 4.82. The molecule has 190 valence electrons. The first-order valence-corrected chi connectivity index (χ1v) is 10.8. The van der Waals surface area contributed by atoms with Crippen molar-refractivity contribution in [2.45, 2.75) is 19.6 Å². The molecule has 4 rings (SSSR count). The molecule has 2 aromatic heterocycles. The smallest absolute Gasteiger partial charge is 0.421 e. The fraction of sp³-hybridized carbons (Fsp3) is 0.160. The minimum atomic E-state index is -4.80. The second-order valence-corrected chi connectivity index (χ2v) is 8.07. The van der Waals surface area contributed by atoms with E-state index in [0.717, 1.165) is 22.6 Å². The van der Waals surface area contributed by atoms with Crippen molar-refractivity contribution in [3.05, 3.63) is 94.9 Å². The molecule has 0 aliphatic heterocycles. The van der Waals surface area contributed by atoms with Gasteiger partial charge in [-0.3, -0.25) is 4.79 Å². The maximum Gasteiger partial charge on any atom is 0.421 e. The van der Waals surface area contributed by atoms with Gasteiger partial charge in [-0.25, -0.2) is 9.78 Å². The number of aromatic nitrogens is 4. The summed E-state index contributed by atoms with van der Waals surface area (Å²) in [5, 5.41) is 17.5. The first kappa shape index (κ1) is 25.4. The highest BCUT2D eigenvalue weighted by atomic mass is 19.4. The van der Waals surface area contributed by atoms with E-state index in [9.17, 15) is 27.9 Å². The number of carbonyl (C=O) groups is 2. The van der Waals surface area contributed by atoms with Crippen LogP contribution in [0, 0.1) is 6.92 Å². The molecule has 12 heteroatoms. The number of pyridine rings is 1. The zero-order chi connectivity index (χ0) is 26.7. The number of halogens is 3. The number of carbonyl (C=O) groups excluding carboxylic acids is 1. The zero-order valence-corrected chi connectivity index (χ0v) is 19.6. The van der Waals surface area contributed by atoms with Crippen molar-refractivity contribution in [1.29, 1.82) is 0 Å². The molecule has 0 radical (unpaired) electrons. The lowest BCUT2D eigenvalue weighted by atomic mass is 10.1. The van der Waals surface area contributed by atoms with Gasteiger partial charge in [0.1, 0.15) is 11.3 Å². The van der Waals surface area contributed by atoms with Crippen LogP contribution in [0.15, 0.2) is 67.1 Å². The van der Waals surface area contributed by atoms with Crippen LogP contribution in [0.5, 0.6) is 11.6 Å². The maximum atomic E-state index is 13.8. The number of ether oxygens (including phenoxy) is 1. The third-order valence-corrected chi connectivity index (χ3v) is 5.38. The van der Waals surface area contributed by atoms with Crippen LogP contribution in [0.1, 0.15) is 37.4 Å². The van der Waals surface area contributed by atoms with E-state index in [1.165, 1.54) is 42.6 Å². The van der Waals surface area contributed by atoms with Crippen molar-refractivity contribution >= 4 is 17.6 Å². The largest absolute Gasteiger partial charge is 0.478 e. The van der Waals surface area contributed by atoms with Crippen molar-refractivity contribution in [3.63, 3.8) is 0 Å². The zero-order valence-electron chi connectivity index (χ0n) is 19.6. The number of hydrogen-bond acceptors (Lipinski definition) is 6. The van der Waals surface area contributed by atoms with Gasteiger partial charge in [0.05, 0.1) is 30.2 Å². The number of carboxylic acids is 1. The monoisotopic (exact) mass is 511 g/mol. The minimum Gasteiger partial charge on any atom is -0.478 e. The van der Waals surface area contributed by atoms with Gasteiger partial charge in [0.15, 0.2) is 0 Å². The number of aryl methyl sites for hydroxylation is 1. The molecule has 0 aliphatic carbocycles. The van der Waals surface area contributed by atoms with Gasteiger partial charge in [-0.05, 0) is 48.9 Å². The summed E-state index contributed by atoms with van der Waals surface area (Å²) in [4.78, 5) is 31.0. The SMILES string of the molecule is Cc1ccc(C(=O)N(C)c2ccc(Oc3ncc(Cn4nccn4)cc3C(F)(F)F)cc2C(=O)O)cc1. The summed E-state index contributed by atoms with van der Waals surface area (Å²) in [5.41, 5.74) is 0.0319. The van der Waals surface area contributed by atoms with Crippen LogP contribution in [0.3, 0.4) is 0 Å². The number of benzene rings is 2. The number of anilines is 1. The number of carboxylic acid groups (broad SMARTS) is 1. The molecule has 9 nitrogen and oxygen atoms in total. The lowest BCUT2D eigenvalue weighted by Crippen LogP contribution is -2.28. The Morgan fingerprint density at radius 1 is 1.05 bits per heavy atom. The molecular weight excluding hydrogens is 491 g/mol. The van der Waals surface area contributed by atoms with Crippen LogP contribution < -0.4 is 9.64 Å². The Morgan fingerprint density at radius 2 is 1.73 bits per heavy atom. The Morgan fingerprint density at radius 3 is 2.35 bits per heavy atom. The molecule has 4 aromatic rings. The molecule has 0 saturated carbocycles. The molecule has 2 aromatic carbocycles. The number of alkyl halides is 3. The van der Waals surface area contributed by atoms with Crippen LogP contribution in [-0.4, -0.2) is 44.0 Å². The van der Waals surface area contributed by atoms with E-state index in [0.29, 0.717) is 5.56 Å². The van der Waals surface area contributed by atoms with Crippen molar-refractivity contribution in [2.75, 3.05) is 11.9 Å². The van der Waals surface area contributed by atoms with E-state index in [1.807, 2.05) is 6.92 Å². The fourth-order valence-electron chi connectivity index (χ4n) is 3.51. The Hall–Kier alpha value is -4.74. The molecule has 37 heavy (non-hydrogen) atoms. The number of amides is 1. The predicted molar refractivity (Wildman–Crippen MR) is 126 cm³/mol. The Labute approximate surface area is 208 Å². The Kier molecular flexibility index (Phi) is 6.92. The van der Waals surface area contributed by atoms with E-state index in [4.69, 9.17) is 4.74 Å². The average Bonchev–Trinajstić information content (AvgIpc) is 3.37. The number of aromatic carboxylic acids is 1. The van der Waals surface area contributed by atoms with Crippen LogP contribution in [0.2, 0.25) is 0 Å². The van der Waals surface area contributed by atoms with Crippen molar-refractivity contribution < 1.29 is 32.6 Å². The van der Waals surface area contributed by atoms with Gasteiger partial charge in [0.25, 0.3) is 5.91 Å². The molecule has 2 heterocycles. The van der Waals surface area contributed by atoms with E-state index in [1.54, 1.807) is 24.3 Å². The summed E-state index contributed by atoms with van der Waals surface area (Å²) in [6, 6.07) is 11.2.